The summed E-state index contributed by atoms with van der Waals surface area (Å²) in [6.45, 7) is 2.69. The average molecular weight is 246 g/mol. The number of nitrogens with zero attached hydrogens (tertiary/aromatic N) is 1. The Morgan fingerprint density at radius 3 is 2.83 bits per heavy atom. The zero-order valence-corrected chi connectivity index (χ0v) is 10.8. The smallest absolute Gasteiger partial charge is 0.223 e. The first-order chi connectivity index (χ1) is 8.63. The first-order valence-corrected chi connectivity index (χ1v) is 6.22. The quantitative estimate of drug-likeness (QED) is 0.820. The van der Waals surface area contributed by atoms with E-state index >= 15 is 0 Å². The molecule has 1 amide bonds. The molecule has 0 saturated heterocycles. The van der Waals surface area contributed by atoms with E-state index < -0.39 is 0 Å². The van der Waals surface area contributed by atoms with Gasteiger partial charge in [0.2, 0.25) is 5.91 Å². The molecule has 1 aliphatic heterocycles. The lowest BCUT2D eigenvalue weighted by Crippen LogP contribution is -2.33. The average Bonchev–Trinajstić information content (AvgIpc) is 2.37. The topological polar surface area (TPSA) is 49.4 Å². The number of carbonyl (C=O) groups is 2. The molecule has 96 valence electrons. The number of hydrogen-bond donors (Lipinski definition) is 1. The summed E-state index contributed by atoms with van der Waals surface area (Å²) in [4.78, 5) is 25.1. The molecule has 1 heterocycles. The van der Waals surface area contributed by atoms with Crippen LogP contribution in [-0.2, 0) is 11.2 Å². The molecule has 4 nitrogen and oxygen atoms in total. The van der Waals surface area contributed by atoms with Gasteiger partial charge < -0.3 is 10.2 Å². The number of amides is 1. The van der Waals surface area contributed by atoms with Gasteiger partial charge in [-0.15, -0.1) is 0 Å². The molecule has 4 heteroatoms. The Morgan fingerprint density at radius 2 is 2.17 bits per heavy atom. The SMILES string of the molecule is CNCC(=O)c1ccc2c(c1)CCCN2C(C)=O. The third-order valence-electron chi connectivity index (χ3n) is 3.24. The minimum absolute atomic E-state index is 0.0604. The number of ketones is 1. The third-order valence-corrected chi connectivity index (χ3v) is 3.24. The second kappa shape index (κ2) is 5.31. The van der Waals surface area contributed by atoms with Crippen LogP contribution in [0.4, 0.5) is 5.69 Å². The number of anilines is 1. The lowest BCUT2D eigenvalue weighted by atomic mass is 9.97. The van der Waals surface area contributed by atoms with E-state index in [9.17, 15) is 9.59 Å². The standard InChI is InChI=1S/C14H18N2O2/c1-10(17)16-7-3-4-11-8-12(5-6-13(11)16)14(18)9-15-2/h5-6,8,15H,3-4,7,9H2,1-2H3. The van der Waals surface area contributed by atoms with Gasteiger partial charge in [-0.05, 0) is 43.7 Å². The third kappa shape index (κ3) is 2.43. The van der Waals surface area contributed by atoms with Crippen molar-refractivity contribution in [2.45, 2.75) is 19.8 Å². The van der Waals surface area contributed by atoms with E-state index in [0.717, 1.165) is 30.6 Å². The van der Waals surface area contributed by atoms with Crippen molar-refractivity contribution in [3.63, 3.8) is 0 Å². The molecule has 0 aliphatic carbocycles. The second-order valence-electron chi connectivity index (χ2n) is 4.57. The highest BCUT2D eigenvalue weighted by Crippen LogP contribution is 2.28. The summed E-state index contributed by atoms with van der Waals surface area (Å²) >= 11 is 0. The van der Waals surface area contributed by atoms with Crippen molar-refractivity contribution >= 4 is 17.4 Å². The normalized spacial score (nSPS) is 14.2. The van der Waals surface area contributed by atoms with Gasteiger partial charge in [0.1, 0.15) is 0 Å². The zero-order valence-electron chi connectivity index (χ0n) is 10.8. The van der Waals surface area contributed by atoms with Crippen molar-refractivity contribution in [1.82, 2.24) is 5.32 Å². The van der Waals surface area contributed by atoms with Crippen LogP contribution in [0.3, 0.4) is 0 Å². The molecule has 0 fully saturated rings. The number of likely N-dealkylation sites (N-methyl/N-ethyl adjacent to an activating group) is 1. The van der Waals surface area contributed by atoms with Gasteiger partial charge >= 0.3 is 0 Å². The van der Waals surface area contributed by atoms with E-state index in [1.54, 1.807) is 24.9 Å². The molecule has 0 saturated carbocycles. The van der Waals surface area contributed by atoms with Crippen molar-refractivity contribution in [1.29, 1.82) is 0 Å². The largest absolute Gasteiger partial charge is 0.313 e. The second-order valence-corrected chi connectivity index (χ2v) is 4.57. The summed E-state index contributed by atoms with van der Waals surface area (Å²) in [7, 11) is 1.76. The summed E-state index contributed by atoms with van der Waals surface area (Å²) < 4.78 is 0. The van der Waals surface area contributed by atoms with E-state index in [0.29, 0.717) is 12.1 Å². The number of fused-ring (bicyclic) bond motifs is 1. The fourth-order valence-electron chi connectivity index (χ4n) is 2.36. The summed E-state index contributed by atoms with van der Waals surface area (Å²) in [5, 5.41) is 2.86. The maximum absolute atomic E-state index is 11.8. The van der Waals surface area contributed by atoms with Crippen LogP contribution < -0.4 is 10.2 Å². The zero-order chi connectivity index (χ0) is 13.1. The molecule has 0 spiro atoms. The van der Waals surface area contributed by atoms with Crippen LogP contribution in [-0.4, -0.2) is 31.8 Å². The molecule has 1 N–H and O–H groups in total. The Hall–Kier alpha value is -1.68. The number of aryl methyl sites for hydroxylation is 1. The van der Waals surface area contributed by atoms with Gasteiger partial charge in [-0.3, -0.25) is 9.59 Å². The van der Waals surface area contributed by atoms with Crippen molar-refractivity contribution in [2.24, 2.45) is 0 Å². The fourth-order valence-corrected chi connectivity index (χ4v) is 2.36. The van der Waals surface area contributed by atoms with E-state index in [2.05, 4.69) is 5.32 Å². The van der Waals surface area contributed by atoms with E-state index in [-0.39, 0.29) is 11.7 Å². The van der Waals surface area contributed by atoms with Crippen molar-refractivity contribution in [2.75, 3.05) is 25.0 Å². The summed E-state index contributed by atoms with van der Waals surface area (Å²) in [6.07, 6.45) is 1.88. The Balaban J connectivity index is 2.32. The maximum atomic E-state index is 11.8. The minimum Gasteiger partial charge on any atom is -0.313 e. The van der Waals surface area contributed by atoms with Gasteiger partial charge in [-0.2, -0.15) is 0 Å². The monoisotopic (exact) mass is 246 g/mol. The summed E-state index contributed by atoms with van der Waals surface area (Å²) in [6, 6.07) is 5.61. The summed E-state index contributed by atoms with van der Waals surface area (Å²) in [5.74, 6) is 0.144. The first kappa shape index (κ1) is 12.8. The molecule has 18 heavy (non-hydrogen) atoms. The Kier molecular flexibility index (Phi) is 3.77. The number of rotatable bonds is 3. The van der Waals surface area contributed by atoms with Gasteiger partial charge in [-0.1, -0.05) is 0 Å². The van der Waals surface area contributed by atoms with Crippen molar-refractivity contribution < 1.29 is 9.59 Å². The van der Waals surface area contributed by atoms with E-state index in [1.807, 2.05) is 12.1 Å². The highest BCUT2D eigenvalue weighted by atomic mass is 16.2. The molecule has 0 aromatic heterocycles. The Labute approximate surface area is 107 Å². The van der Waals surface area contributed by atoms with Crippen LogP contribution in [0, 0.1) is 0 Å². The summed E-state index contributed by atoms with van der Waals surface area (Å²) in [5.41, 5.74) is 2.77. The van der Waals surface area contributed by atoms with Crippen LogP contribution in [0.25, 0.3) is 0 Å². The van der Waals surface area contributed by atoms with Gasteiger partial charge in [0.25, 0.3) is 0 Å². The molecule has 0 atom stereocenters. The molecule has 0 radical (unpaired) electrons. The van der Waals surface area contributed by atoms with Crippen LogP contribution in [0.15, 0.2) is 18.2 Å². The molecule has 2 rings (SSSR count). The maximum Gasteiger partial charge on any atom is 0.223 e. The number of hydrogen-bond acceptors (Lipinski definition) is 3. The molecule has 1 aromatic rings. The van der Waals surface area contributed by atoms with Crippen molar-refractivity contribution in [3.05, 3.63) is 29.3 Å². The highest BCUT2D eigenvalue weighted by molar-refractivity contribution is 5.99. The fraction of sp³-hybridized carbons (Fsp3) is 0.429. The molecule has 0 unspecified atom stereocenters. The number of nitrogens with one attached hydrogen (secondary N) is 1. The molecule has 0 bridgehead atoms. The Bertz CT molecular complexity index is 483. The minimum atomic E-state index is 0.0604. The predicted octanol–water partition coefficient (Wildman–Crippen LogP) is 1.39. The van der Waals surface area contributed by atoms with Crippen LogP contribution >= 0.6 is 0 Å². The number of benzene rings is 1. The Morgan fingerprint density at radius 1 is 1.39 bits per heavy atom. The lowest BCUT2D eigenvalue weighted by Gasteiger charge is -2.28. The van der Waals surface area contributed by atoms with Gasteiger partial charge in [0, 0.05) is 24.7 Å². The van der Waals surface area contributed by atoms with Crippen molar-refractivity contribution in [3.8, 4) is 0 Å². The van der Waals surface area contributed by atoms with Crippen LogP contribution in [0.5, 0.6) is 0 Å². The lowest BCUT2D eigenvalue weighted by molar-refractivity contribution is -0.116. The van der Waals surface area contributed by atoms with Crippen LogP contribution in [0.2, 0.25) is 0 Å². The van der Waals surface area contributed by atoms with Gasteiger partial charge in [0.15, 0.2) is 5.78 Å². The van der Waals surface area contributed by atoms with Gasteiger partial charge in [-0.25, -0.2) is 0 Å². The molecule has 1 aliphatic rings. The van der Waals surface area contributed by atoms with E-state index in [1.165, 1.54) is 0 Å². The highest BCUT2D eigenvalue weighted by Gasteiger charge is 2.20. The molecular formula is C14H18N2O2. The molecular weight excluding hydrogens is 228 g/mol. The first-order valence-electron chi connectivity index (χ1n) is 6.22. The molecule has 1 aromatic carbocycles. The van der Waals surface area contributed by atoms with Crippen LogP contribution in [0.1, 0.15) is 29.3 Å². The van der Waals surface area contributed by atoms with E-state index in [4.69, 9.17) is 0 Å². The number of carbonyl (C=O) groups excluding carboxylic acids is 2. The predicted molar refractivity (Wildman–Crippen MR) is 71.0 cm³/mol. The van der Waals surface area contributed by atoms with Gasteiger partial charge in [0.05, 0.1) is 6.54 Å². The number of Topliss-reactive ketones (excluding diaryl/α,β-unsaturated/α-hetero) is 1.